The number of methoxy groups -OCH3 is 1. The normalized spacial score (nSPS) is 15.8. The van der Waals surface area contributed by atoms with Gasteiger partial charge in [0.05, 0.1) is 0 Å². The zero-order valence-corrected chi connectivity index (χ0v) is 16.5. The largest absolute Gasteiger partial charge is 0.460 e. The summed E-state index contributed by atoms with van der Waals surface area (Å²) in [5, 5.41) is 0. The number of carbonyl (C=O) groups excluding carboxylic acids is 1. The number of rotatable bonds is 10. The first-order valence-corrected chi connectivity index (χ1v) is 8.11. The van der Waals surface area contributed by atoms with Crippen molar-refractivity contribution >= 4 is 5.97 Å². The molecule has 202 valence electrons. The number of ether oxygens (including phenoxy) is 3. The van der Waals surface area contributed by atoms with Crippen LogP contribution in [-0.2, 0) is 19.0 Å². The molecule has 0 bridgehead atoms. The molecular formula is C15H13F15O4. The molecule has 0 fully saturated rings. The Morgan fingerprint density at radius 2 is 1.18 bits per heavy atom. The number of esters is 1. The van der Waals surface area contributed by atoms with Gasteiger partial charge in [0.2, 0.25) is 0 Å². The van der Waals surface area contributed by atoms with Gasteiger partial charge >= 0.3 is 42.3 Å². The van der Waals surface area contributed by atoms with Crippen molar-refractivity contribution in [2.24, 2.45) is 0 Å². The number of hydrogen-bond donors (Lipinski definition) is 0. The van der Waals surface area contributed by atoms with E-state index >= 15 is 0 Å². The Kier molecular flexibility index (Phi) is 9.07. The first kappa shape index (κ1) is 32.1. The minimum Gasteiger partial charge on any atom is -0.459 e. The lowest BCUT2D eigenvalue weighted by Crippen LogP contribution is -2.62. The highest BCUT2D eigenvalue weighted by Gasteiger charge is 2.83. The maximum Gasteiger partial charge on any atom is 0.460 e. The molecule has 0 rings (SSSR count). The summed E-state index contributed by atoms with van der Waals surface area (Å²) in [7, 11) is 0.601. The van der Waals surface area contributed by atoms with Gasteiger partial charge in [0, 0.05) is 13.5 Å². The predicted octanol–water partition coefficient (Wildman–Crippen LogP) is 5.82. The fourth-order valence-corrected chi connectivity index (χ4v) is 2.17. The predicted molar refractivity (Wildman–Crippen MR) is 78.0 cm³/mol. The molecular weight excluding hydrogens is 529 g/mol. The summed E-state index contributed by atoms with van der Waals surface area (Å²) in [5.41, 5.74) is -8.29. The molecule has 0 N–H and O–H groups in total. The van der Waals surface area contributed by atoms with Crippen molar-refractivity contribution < 1.29 is 84.9 Å². The van der Waals surface area contributed by atoms with Gasteiger partial charge in [-0.3, -0.25) is 0 Å². The van der Waals surface area contributed by atoms with Gasteiger partial charge in [-0.15, -0.1) is 0 Å². The minimum absolute atomic E-state index is 0.189. The van der Waals surface area contributed by atoms with E-state index in [1.54, 1.807) is 0 Å². The number of carbonyl (C=O) groups is 1. The van der Waals surface area contributed by atoms with Gasteiger partial charge in [0.25, 0.3) is 5.60 Å². The van der Waals surface area contributed by atoms with E-state index in [2.05, 4.69) is 14.2 Å². The molecule has 0 aromatic rings. The van der Waals surface area contributed by atoms with Crippen molar-refractivity contribution in [1.82, 2.24) is 0 Å². The van der Waals surface area contributed by atoms with E-state index in [9.17, 15) is 70.7 Å². The van der Waals surface area contributed by atoms with E-state index in [0.29, 0.717) is 7.11 Å². The molecule has 34 heavy (non-hydrogen) atoms. The van der Waals surface area contributed by atoms with Crippen LogP contribution >= 0.6 is 0 Å². The second-order valence-electron chi connectivity index (χ2n) is 6.49. The van der Waals surface area contributed by atoms with Crippen molar-refractivity contribution in [3.05, 3.63) is 12.2 Å². The quantitative estimate of drug-likeness (QED) is 0.151. The molecule has 0 aromatic heterocycles. The Labute approximate surface area is 179 Å². The summed E-state index contributed by atoms with van der Waals surface area (Å²) < 4.78 is 206. The smallest absolute Gasteiger partial charge is 0.459 e. The average Bonchev–Trinajstić information content (AvgIpc) is 2.60. The number of halogens is 15. The van der Waals surface area contributed by atoms with Crippen molar-refractivity contribution in [3.63, 3.8) is 0 Å². The van der Waals surface area contributed by atoms with Gasteiger partial charge in [-0.25, -0.2) is 4.79 Å². The lowest BCUT2D eigenvalue weighted by molar-refractivity contribution is -0.397. The maximum atomic E-state index is 13.7. The van der Waals surface area contributed by atoms with Crippen LogP contribution in [0.5, 0.6) is 0 Å². The first-order chi connectivity index (χ1) is 14.7. The Bertz CT molecular complexity index is 722. The first-order valence-electron chi connectivity index (χ1n) is 8.11. The van der Waals surface area contributed by atoms with E-state index in [-0.39, 0.29) is 6.92 Å². The van der Waals surface area contributed by atoms with Crippen molar-refractivity contribution in [3.8, 4) is 0 Å². The highest BCUT2D eigenvalue weighted by Crippen LogP contribution is 2.55. The van der Waals surface area contributed by atoms with E-state index in [0.717, 1.165) is 0 Å². The summed E-state index contributed by atoms with van der Waals surface area (Å²) in [6.45, 7) is 0.409. The van der Waals surface area contributed by atoms with E-state index in [1.807, 2.05) is 6.58 Å². The maximum absolute atomic E-state index is 13.7. The Morgan fingerprint density at radius 1 is 0.765 bits per heavy atom. The topological polar surface area (TPSA) is 44.8 Å². The van der Waals surface area contributed by atoms with Gasteiger partial charge in [-0.1, -0.05) is 6.58 Å². The minimum atomic E-state index is -7.45. The van der Waals surface area contributed by atoms with Crippen LogP contribution in [0.25, 0.3) is 0 Å². The summed E-state index contributed by atoms with van der Waals surface area (Å²) in [6, 6.07) is 0. The van der Waals surface area contributed by atoms with E-state index in [4.69, 9.17) is 0 Å². The Morgan fingerprint density at radius 3 is 1.50 bits per heavy atom. The monoisotopic (exact) mass is 542 g/mol. The fourth-order valence-electron chi connectivity index (χ4n) is 2.17. The van der Waals surface area contributed by atoms with Crippen molar-refractivity contribution in [2.45, 2.75) is 61.3 Å². The van der Waals surface area contributed by atoms with E-state index < -0.39 is 72.8 Å². The second kappa shape index (κ2) is 9.62. The summed E-state index contributed by atoms with van der Waals surface area (Å²) in [4.78, 5) is 11.5. The van der Waals surface area contributed by atoms with Crippen LogP contribution in [0.2, 0.25) is 0 Å². The second-order valence-corrected chi connectivity index (χ2v) is 6.49. The molecule has 0 saturated heterocycles. The standard InChI is InChI=1S/C15H13F15O4/c1-6(4-9(13(22,23)24,14(25,26)27)33-5-32-3)34-8(31)7(2)10(16,17)11(18,19)12(20,21)15(28,29)30/h6H,2,4-5H2,1,3H3. The number of alkyl halides is 15. The molecule has 0 amide bonds. The van der Waals surface area contributed by atoms with Gasteiger partial charge in [0.1, 0.15) is 18.5 Å². The van der Waals surface area contributed by atoms with Crippen molar-refractivity contribution in [2.75, 3.05) is 13.9 Å². The molecule has 0 aromatic carbocycles. The average molecular weight is 542 g/mol. The van der Waals surface area contributed by atoms with Crippen LogP contribution in [0.3, 0.4) is 0 Å². The van der Waals surface area contributed by atoms with Crippen LogP contribution in [0.4, 0.5) is 65.9 Å². The van der Waals surface area contributed by atoms with Gasteiger partial charge in [-0.2, -0.15) is 65.9 Å². The van der Waals surface area contributed by atoms with E-state index in [1.165, 1.54) is 0 Å². The summed E-state index contributed by atoms with van der Waals surface area (Å²) in [5.74, 6) is -24.5. The Balaban J connectivity index is 6.00. The molecule has 19 heteroatoms. The molecule has 1 unspecified atom stereocenters. The SMILES string of the molecule is C=C(C(=O)OC(C)CC(OCOC)(C(F)(F)F)C(F)(F)F)C(F)(F)C(F)(F)C(F)(F)C(F)(F)F. The third-order valence-electron chi connectivity index (χ3n) is 3.99. The Hall–Kier alpha value is -1.92. The molecule has 0 aliphatic rings. The third-order valence-corrected chi connectivity index (χ3v) is 3.99. The van der Waals surface area contributed by atoms with Crippen LogP contribution in [0, 0.1) is 0 Å². The zero-order chi connectivity index (χ0) is 27.8. The highest BCUT2D eigenvalue weighted by molar-refractivity contribution is 5.90. The number of hydrogen-bond acceptors (Lipinski definition) is 4. The molecule has 0 radical (unpaired) electrons. The van der Waals surface area contributed by atoms with Gasteiger partial charge in [0.15, 0.2) is 0 Å². The summed E-state index contributed by atoms with van der Waals surface area (Å²) >= 11 is 0. The molecule has 0 spiro atoms. The molecule has 0 heterocycles. The van der Waals surface area contributed by atoms with Crippen LogP contribution in [0.1, 0.15) is 13.3 Å². The van der Waals surface area contributed by atoms with Crippen LogP contribution in [-0.4, -0.2) is 67.9 Å². The van der Waals surface area contributed by atoms with Crippen LogP contribution < -0.4 is 0 Å². The highest BCUT2D eigenvalue weighted by atomic mass is 19.4. The van der Waals surface area contributed by atoms with Gasteiger partial charge in [-0.05, 0) is 6.92 Å². The summed E-state index contributed by atoms with van der Waals surface area (Å²) in [6.07, 6.45) is -25.2. The van der Waals surface area contributed by atoms with Gasteiger partial charge < -0.3 is 14.2 Å². The molecule has 4 nitrogen and oxygen atoms in total. The molecule has 0 aliphatic carbocycles. The third kappa shape index (κ3) is 5.65. The lowest BCUT2D eigenvalue weighted by atomic mass is 9.94. The van der Waals surface area contributed by atoms with Crippen LogP contribution in [0.15, 0.2) is 12.2 Å². The zero-order valence-electron chi connectivity index (χ0n) is 16.5. The molecule has 1 atom stereocenters. The lowest BCUT2D eigenvalue weighted by Gasteiger charge is -2.38. The fraction of sp³-hybridized carbons (Fsp3) is 0.800. The molecule has 0 aliphatic heterocycles. The van der Waals surface area contributed by atoms with Crippen molar-refractivity contribution in [1.29, 1.82) is 0 Å². The molecule has 0 saturated carbocycles.